The molecule has 0 radical (unpaired) electrons. The fraction of sp³-hybridized carbons (Fsp3) is 0.500. The lowest BCUT2D eigenvalue weighted by Crippen LogP contribution is -2.45. The summed E-state index contributed by atoms with van der Waals surface area (Å²) in [5, 5.41) is 2.87. The molecular formula is C14H20ClF2N3O. The maximum Gasteiger partial charge on any atom is 0.236 e. The van der Waals surface area contributed by atoms with Crippen molar-refractivity contribution >= 4 is 18.3 Å². The second kappa shape index (κ2) is 7.15. The highest BCUT2D eigenvalue weighted by Crippen LogP contribution is 2.31. The van der Waals surface area contributed by atoms with Gasteiger partial charge in [-0.1, -0.05) is 6.07 Å². The van der Waals surface area contributed by atoms with Gasteiger partial charge in [0, 0.05) is 12.6 Å². The maximum atomic E-state index is 13.4. The molecule has 3 unspecified atom stereocenters. The van der Waals surface area contributed by atoms with Crippen molar-refractivity contribution < 1.29 is 13.6 Å². The Morgan fingerprint density at radius 2 is 2.10 bits per heavy atom. The number of carbonyl (C=O) groups excluding carboxylic acids is 1. The highest BCUT2D eigenvalue weighted by atomic mass is 35.5. The summed E-state index contributed by atoms with van der Waals surface area (Å²) in [4.78, 5) is 13.7. The molecule has 0 aromatic heterocycles. The molecule has 7 heteroatoms. The van der Waals surface area contributed by atoms with Crippen molar-refractivity contribution in [1.82, 2.24) is 10.2 Å². The first-order valence-corrected chi connectivity index (χ1v) is 6.61. The first-order chi connectivity index (χ1) is 9.40. The first-order valence-electron chi connectivity index (χ1n) is 6.61. The number of benzene rings is 1. The SMILES string of the molecule is CC(N)C(=O)NC1CCN(C)C1c1ccc(F)c(F)c1.Cl. The fourth-order valence-electron chi connectivity index (χ4n) is 2.60. The van der Waals surface area contributed by atoms with E-state index in [1.807, 2.05) is 11.9 Å². The molecule has 0 spiro atoms. The molecule has 0 saturated carbocycles. The standard InChI is InChI=1S/C14H19F2N3O.ClH/c1-8(17)14(20)18-12-5-6-19(2)13(12)9-3-4-10(15)11(16)7-9;/h3-4,7-8,12-13H,5-6,17H2,1-2H3,(H,18,20);1H. The van der Waals surface area contributed by atoms with Crippen molar-refractivity contribution in [2.24, 2.45) is 5.73 Å². The zero-order valence-electron chi connectivity index (χ0n) is 12.0. The number of hydrogen-bond donors (Lipinski definition) is 2. The van der Waals surface area contributed by atoms with Crippen LogP contribution in [0.2, 0.25) is 0 Å². The average molecular weight is 320 g/mol. The van der Waals surface area contributed by atoms with E-state index in [2.05, 4.69) is 5.32 Å². The number of likely N-dealkylation sites (tertiary alicyclic amines) is 1. The Kier molecular flexibility index (Phi) is 6.07. The lowest BCUT2D eigenvalue weighted by Gasteiger charge is -2.26. The van der Waals surface area contributed by atoms with Crippen LogP contribution in [0.5, 0.6) is 0 Å². The van der Waals surface area contributed by atoms with Gasteiger partial charge in [-0.05, 0) is 38.1 Å². The summed E-state index contributed by atoms with van der Waals surface area (Å²) < 4.78 is 26.4. The average Bonchev–Trinajstić information content (AvgIpc) is 2.74. The van der Waals surface area contributed by atoms with Gasteiger partial charge in [-0.3, -0.25) is 9.69 Å². The molecule has 1 fully saturated rings. The number of carbonyl (C=O) groups is 1. The Morgan fingerprint density at radius 1 is 1.43 bits per heavy atom. The van der Waals surface area contributed by atoms with Crippen molar-refractivity contribution in [3.05, 3.63) is 35.4 Å². The molecule has 2 rings (SSSR count). The molecule has 1 aromatic carbocycles. The van der Waals surface area contributed by atoms with Crippen molar-refractivity contribution in [2.45, 2.75) is 31.5 Å². The Hall–Kier alpha value is -1.24. The summed E-state index contributed by atoms with van der Waals surface area (Å²) in [5.74, 6) is -1.98. The van der Waals surface area contributed by atoms with Gasteiger partial charge in [-0.15, -0.1) is 12.4 Å². The fourth-order valence-corrected chi connectivity index (χ4v) is 2.60. The van der Waals surface area contributed by atoms with E-state index in [4.69, 9.17) is 5.73 Å². The largest absolute Gasteiger partial charge is 0.350 e. The van der Waals surface area contributed by atoms with Gasteiger partial charge >= 0.3 is 0 Å². The molecule has 3 atom stereocenters. The van der Waals surface area contributed by atoms with E-state index in [0.29, 0.717) is 5.56 Å². The molecule has 0 bridgehead atoms. The van der Waals surface area contributed by atoms with Gasteiger partial charge in [0.15, 0.2) is 11.6 Å². The van der Waals surface area contributed by atoms with E-state index in [1.54, 1.807) is 13.0 Å². The second-order valence-corrected chi connectivity index (χ2v) is 5.29. The maximum absolute atomic E-state index is 13.4. The van der Waals surface area contributed by atoms with E-state index in [-0.39, 0.29) is 30.4 Å². The van der Waals surface area contributed by atoms with Crippen molar-refractivity contribution in [3.8, 4) is 0 Å². The molecule has 3 N–H and O–H groups in total. The summed E-state index contributed by atoms with van der Waals surface area (Å²) in [5.41, 5.74) is 6.19. The number of hydrogen-bond acceptors (Lipinski definition) is 3. The van der Waals surface area contributed by atoms with Crippen LogP contribution in [0.4, 0.5) is 8.78 Å². The number of likely N-dealkylation sites (N-methyl/N-ethyl adjacent to an activating group) is 1. The predicted octanol–water partition coefficient (Wildman–Crippen LogP) is 1.60. The summed E-state index contributed by atoms with van der Waals surface area (Å²) in [6.07, 6.45) is 0.749. The van der Waals surface area contributed by atoms with Gasteiger partial charge in [0.25, 0.3) is 0 Å². The normalized spacial score (nSPS) is 23.5. The number of nitrogens with one attached hydrogen (secondary N) is 1. The number of amides is 1. The van der Waals surface area contributed by atoms with Crippen molar-refractivity contribution in [3.63, 3.8) is 0 Å². The van der Waals surface area contributed by atoms with Crippen molar-refractivity contribution in [1.29, 1.82) is 0 Å². The van der Waals surface area contributed by atoms with E-state index >= 15 is 0 Å². The minimum Gasteiger partial charge on any atom is -0.350 e. The van der Waals surface area contributed by atoms with Crippen LogP contribution in [-0.4, -0.2) is 36.5 Å². The monoisotopic (exact) mass is 319 g/mol. The Balaban J connectivity index is 0.00000220. The lowest BCUT2D eigenvalue weighted by molar-refractivity contribution is -0.122. The zero-order chi connectivity index (χ0) is 14.9. The molecule has 1 saturated heterocycles. The zero-order valence-corrected chi connectivity index (χ0v) is 12.8. The van der Waals surface area contributed by atoms with Crippen LogP contribution in [0.25, 0.3) is 0 Å². The smallest absolute Gasteiger partial charge is 0.236 e. The molecule has 4 nitrogen and oxygen atoms in total. The third kappa shape index (κ3) is 3.90. The van der Waals surface area contributed by atoms with E-state index in [9.17, 15) is 13.6 Å². The van der Waals surface area contributed by atoms with Crippen LogP contribution in [0, 0.1) is 11.6 Å². The molecular weight excluding hydrogens is 300 g/mol. The Morgan fingerprint density at radius 3 is 2.67 bits per heavy atom. The van der Waals surface area contributed by atoms with Gasteiger partial charge in [-0.25, -0.2) is 8.78 Å². The molecule has 1 heterocycles. The Labute approximate surface area is 129 Å². The second-order valence-electron chi connectivity index (χ2n) is 5.29. The van der Waals surface area contributed by atoms with Gasteiger partial charge in [-0.2, -0.15) is 0 Å². The molecule has 118 valence electrons. The van der Waals surface area contributed by atoms with Crippen LogP contribution in [0.1, 0.15) is 24.9 Å². The summed E-state index contributed by atoms with van der Waals surface area (Å²) in [7, 11) is 1.89. The third-order valence-electron chi connectivity index (χ3n) is 3.68. The minimum absolute atomic E-state index is 0. The summed E-state index contributed by atoms with van der Waals surface area (Å²) in [6.45, 7) is 2.38. The summed E-state index contributed by atoms with van der Waals surface area (Å²) >= 11 is 0. The topological polar surface area (TPSA) is 58.4 Å². The summed E-state index contributed by atoms with van der Waals surface area (Å²) in [6, 6.07) is 2.94. The van der Waals surface area contributed by atoms with Gasteiger partial charge in [0.05, 0.1) is 12.1 Å². The third-order valence-corrected chi connectivity index (χ3v) is 3.68. The van der Waals surface area contributed by atoms with Gasteiger partial charge in [0.2, 0.25) is 5.91 Å². The van der Waals surface area contributed by atoms with Crippen LogP contribution in [0.3, 0.4) is 0 Å². The van der Waals surface area contributed by atoms with Crippen LogP contribution in [0.15, 0.2) is 18.2 Å². The highest BCUT2D eigenvalue weighted by Gasteiger charge is 2.34. The lowest BCUT2D eigenvalue weighted by atomic mass is 9.99. The molecule has 1 aliphatic rings. The quantitative estimate of drug-likeness (QED) is 0.889. The van der Waals surface area contributed by atoms with Crippen molar-refractivity contribution in [2.75, 3.05) is 13.6 Å². The molecule has 0 aliphatic carbocycles. The van der Waals surface area contributed by atoms with Crippen LogP contribution >= 0.6 is 12.4 Å². The van der Waals surface area contributed by atoms with E-state index in [1.165, 1.54) is 6.07 Å². The molecule has 1 aliphatic heterocycles. The number of nitrogens with zero attached hydrogens (tertiary/aromatic N) is 1. The number of nitrogens with two attached hydrogens (primary N) is 1. The molecule has 1 amide bonds. The minimum atomic E-state index is -0.875. The van der Waals surface area contributed by atoms with Gasteiger partial charge < -0.3 is 11.1 Å². The predicted molar refractivity (Wildman–Crippen MR) is 79.2 cm³/mol. The number of halogens is 3. The van der Waals surface area contributed by atoms with E-state index < -0.39 is 17.7 Å². The van der Waals surface area contributed by atoms with Crippen LogP contribution < -0.4 is 11.1 Å². The van der Waals surface area contributed by atoms with Gasteiger partial charge in [0.1, 0.15) is 0 Å². The Bertz CT molecular complexity index is 513. The van der Waals surface area contributed by atoms with Crippen LogP contribution in [-0.2, 0) is 4.79 Å². The number of rotatable bonds is 3. The molecule has 21 heavy (non-hydrogen) atoms. The first kappa shape index (κ1) is 17.8. The molecule has 1 aromatic rings. The van der Waals surface area contributed by atoms with E-state index in [0.717, 1.165) is 19.0 Å². The highest BCUT2D eigenvalue weighted by molar-refractivity contribution is 5.85.